The molecule has 2 amide bonds. The standard InChI is InChI=1S/C19H39N3O2/c1-11-14(6)15(7)22(10)19(24)16(12(2)3)20-18(23)17(13(4)5)21(8)9/h12-17H,11H2,1-10H3,(H,20,23)/t14-,15+,16-,17-/m0/s1. The predicted molar refractivity (Wildman–Crippen MR) is 101 cm³/mol. The van der Waals surface area contributed by atoms with E-state index in [1.54, 1.807) is 4.90 Å². The number of nitrogens with one attached hydrogen (secondary N) is 1. The molecule has 1 N–H and O–H groups in total. The minimum Gasteiger partial charge on any atom is -0.343 e. The lowest BCUT2D eigenvalue weighted by atomic mass is 9.96. The highest BCUT2D eigenvalue weighted by Gasteiger charge is 2.33. The summed E-state index contributed by atoms with van der Waals surface area (Å²) in [4.78, 5) is 29.3. The minimum absolute atomic E-state index is 0.00703. The Kier molecular flexibility index (Phi) is 9.56. The molecule has 142 valence electrons. The van der Waals surface area contributed by atoms with Gasteiger partial charge >= 0.3 is 0 Å². The first-order chi connectivity index (χ1) is 10.9. The average Bonchev–Trinajstić information content (AvgIpc) is 2.48. The molecule has 0 aliphatic heterocycles. The van der Waals surface area contributed by atoms with Crippen LogP contribution in [0.1, 0.15) is 54.9 Å². The molecule has 0 aliphatic rings. The molecule has 5 nitrogen and oxygen atoms in total. The maximum absolute atomic E-state index is 12.9. The zero-order valence-electron chi connectivity index (χ0n) is 17.4. The van der Waals surface area contributed by atoms with Crippen LogP contribution in [0.15, 0.2) is 0 Å². The van der Waals surface area contributed by atoms with Crippen molar-refractivity contribution >= 4 is 11.8 Å². The van der Waals surface area contributed by atoms with Crippen LogP contribution in [0, 0.1) is 17.8 Å². The monoisotopic (exact) mass is 341 g/mol. The van der Waals surface area contributed by atoms with E-state index in [2.05, 4.69) is 26.1 Å². The Bertz CT molecular complexity index is 399. The molecule has 0 saturated heterocycles. The number of rotatable bonds is 9. The van der Waals surface area contributed by atoms with Crippen LogP contribution in [0.3, 0.4) is 0 Å². The summed E-state index contributed by atoms with van der Waals surface area (Å²) in [7, 11) is 5.63. The molecule has 0 aromatic heterocycles. The van der Waals surface area contributed by atoms with Crippen molar-refractivity contribution in [1.82, 2.24) is 15.1 Å². The highest BCUT2D eigenvalue weighted by atomic mass is 16.2. The molecule has 0 fully saturated rings. The zero-order valence-corrected chi connectivity index (χ0v) is 17.4. The summed E-state index contributed by atoms with van der Waals surface area (Å²) < 4.78 is 0. The summed E-state index contributed by atoms with van der Waals surface area (Å²) in [5, 5.41) is 3.00. The van der Waals surface area contributed by atoms with Gasteiger partial charge in [-0.15, -0.1) is 0 Å². The van der Waals surface area contributed by atoms with Gasteiger partial charge in [0.05, 0.1) is 6.04 Å². The van der Waals surface area contributed by atoms with E-state index in [9.17, 15) is 9.59 Å². The van der Waals surface area contributed by atoms with Crippen LogP contribution in [-0.2, 0) is 9.59 Å². The Morgan fingerprint density at radius 1 is 0.917 bits per heavy atom. The normalized spacial score (nSPS) is 16.9. The molecule has 0 aromatic carbocycles. The fourth-order valence-electron chi connectivity index (χ4n) is 3.03. The Labute approximate surface area is 149 Å². The van der Waals surface area contributed by atoms with Crippen molar-refractivity contribution in [3.63, 3.8) is 0 Å². The lowest BCUT2D eigenvalue weighted by molar-refractivity contribution is -0.140. The van der Waals surface area contributed by atoms with E-state index < -0.39 is 6.04 Å². The predicted octanol–water partition coefficient (Wildman–Crippen LogP) is 2.61. The fourth-order valence-corrected chi connectivity index (χ4v) is 3.03. The van der Waals surface area contributed by atoms with Crippen molar-refractivity contribution in [3.05, 3.63) is 0 Å². The molecular formula is C19H39N3O2. The summed E-state index contributed by atoms with van der Waals surface area (Å²) in [6, 6.07) is -0.582. The Hall–Kier alpha value is -1.10. The van der Waals surface area contributed by atoms with E-state index in [-0.39, 0.29) is 35.7 Å². The van der Waals surface area contributed by atoms with E-state index in [0.29, 0.717) is 5.92 Å². The van der Waals surface area contributed by atoms with Crippen molar-refractivity contribution in [2.24, 2.45) is 17.8 Å². The number of nitrogens with zero attached hydrogens (tertiary/aromatic N) is 2. The molecule has 24 heavy (non-hydrogen) atoms. The van der Waals surface area contributed by atoms with Crippen molar-refractivity contribution in [3.8, 4) is 0 Å². The summed E-state index contributed by atoms with van der Waals surface area (Å²) in [6.45, 7) is 14.3. The van der Waals surface area contributed by atoms with Crippen LogP contribution >= 0.6 is 0 Å². The summed E-state index contributed by atoms with van der Waals surface area (Å²) in [5.41, 5.74) is 0. The van der Waals surface area contributed by atoms with Crippen LogP contribution in [0.4, 0.5) is 0 Å². The summed E-state index contributed by atoms with van der Waals surface area (Å²) >= 11 is 0. The molecule has 0 rings (SSSR count). The van der Waals surface area contributed by atoms with Crippen LogP contribution < -0.4 is 5.32 Å². The Balaban J connectivity index is 5.23. The molecule has 0 bridgehead atoms. The van der Waals surface area contributed by atoms with Crippen molar-refractivity contribution in [2.45, 2.75) is 73.0 Å². The van der Waals surface area contributed by atoms with Gasteiger partial charge in [-0.05, 0) is 38.8 Å². The largest absolute Gasteiger partial charge is 0.343 e. The third-order valence-corrected chi connectivity index (χ3v) is 5.11. The van der Waals surface area contributed by atoms with Crippen molar-refractivity contribution in [2.75, 3.05) is 21.1 Å². The second-order valence-corrected chi connectivity index (χ2v) is 7.96. The number of hydrogen-bond donors (Lipinski definition) is 1. The quantitative estimate of drug-likeness (QED) is 0.701. The molecule has 0 radical (unpaired) electrons. The molecule has 0 heterocycles. The van der Waals surface area contributed by atoms with Gasteiger partial charge < -0.3 is 10.2 Å². The summed E-state index contributed by atoms with van der Waals surface area (Å²) in [5.74, 6) is 0.564. The number of carbonyl (C=O) groups is 2. The van der Waals surface area contributed by atoms with Crippen LogP contribution in [0.25, 0.3) is 0 Å². The van der Waals surface area contributed by atoms with E-state index in [1.807, 2.05) is 53.7 Å². The maximum Gasteiger partial charge on any atom is 0.245 e. The molecule has 5 heteroatoms. The van der Waals surface area contributed by atoms with E-state index in [1.165, 1.54) is 0 Å². The van der Waals surface area contributed by atoms with Gasteiger partial charge in [0.2, 0.25) is 11.8 Å². The Morgan fingerprint density at radius 2 is 1.42 bits per heavy atom. The third-order valence-electron chi connectivity index (χ3n) is 5.11. The van der Waals surface area contributed by atoms with E-state index in [0.717, 1.165) is 6.42 Å². The molecule has 0 spiro atoms. The van der Waals surface area contributed by atoms with E-state index >= 15 is 0 Å². The van der Waals surface area contributed by atoms with Gasteiger partial charge in [0, 0.05) is 13.1 Å². The highest BCUT2D eigenvalue weighted by Crippen LogP contribution is 2.16. The molecule has 0 unspecified atom stereocenters. The fraction of sp³-hybridized carbons (Fsp3) is 0.895. The molecule has 0 saturated carbocycles. The number of amides is 2. The topological polar surface area (TPSA) is 52.7 Å². The first-order valence-corrected chi connectivity index (χ1v) is 9.19. The maximum atomic E-state index is 12.9. The number of hydrogen-bond acceptors (Lipinski definition) is 3. The van der Waals surface area contributed by atoms with Gasteiger partial charge in [-0.2, -0.15) is 0 Å². The number of likely N-dealkylation sites (N-methyl/N-ethyl adjacent to an activating group) is 2. The Morgan fingerprint density at radius 3 is 1.75 bits per heavy atom. The van der Waals surface area contributed by atoms with Crippen LogP contribution in [0.5, 0.6) is 0 Å². The third kappa shape index (κ3) is 6.08. The van der Waals surface area contributed by atoms with E-state index in [4.69, 9.17) is 0 Å². The molecule has 4 atom stereocenters. The SMILES string of the molecule is CC[C@H](C)[C@@H](C)N(C)C(=O)[C@@H](NC(=O)[C@H](C(C)C)N(C)C)C(C)C. The van der Waals surface area contributed by atoms with Gasteiger partial charge in [0.1, 0.15) is 6.04 Å². The van der Waals surface area contributed by atoms with Gasteiger partial charge in [0.15, 0.2) is 0 Å². The minimum atomic E-state index is -0.491. The summed E-state index contributed by atoms with van der Waals surface area (Å²) in [6.07, 6.45) is 1.02. The molecular weight excluding hydrogens is 302 g/mol. The van der Waals surface area contributed by atoms with Gasteiger partial charge in [-0.25, -0.2) is 0 Å². The smallest absolute Gasteiger partial charge is 0.245 e. The van der Waals surface area contributed by atoms with Gasteiger partial charge in [-0.1, -0.05) is 48.0 Å². The second kappa shape index (κ2) is 10.0. The van der Waals surface area contributed by atoms with Crippen molar-refractivity contribution in [1.29, 1.82) is 0 Å². The lowest BCUT2D eigenvalue weighted by Gasteiger charge is -2.35. The zero-order chi connectivity index (χ0) is 19.2. The van der Waals surface area contributed by atoms with Gasteiger partial charge in [-0.3, -0.25) is 14.5 Å². The number of carbonyl (C=O) groups excluding carboxylic acids is 2. The van der Waals surface area contributed by atoms with Gasteiger partial charge in [0.25, 0.3) is 0 Å². The first-order valence-electron chi connectivity index (χ1n) is 9.19. The lowest BCUT2D eigenvalue weighted by Crippen LogP contribution is -2.57. The second-order valence-electron chi connectivity index (χ2n) is 7.96. The molecule has 0 aromatic rings. The highest BCUT2D eigenvalue weighted by molar-refractivity contribution is 5.90. The van der Waals surface area contributed by atoms with Crippen molar-refractivity contribution < 1.29 is 9.59 Å². The van der Waals surface area contributed by atoms with Crippen LogP contribution in [0.2, 0.25) is 0 Å². The van der Waals surface area contributed by atoms with Crippen LogP contribution in [-0.4, -0.2) is 60.9 Å². The molecule has 0 aliphatic carbocycles. The average molecular weight is 342 g/mol. The first kappa shape index (κ1) is 22.9.